The fraction of sp³-hybridized carbons (Fsp3) is 0.429. The zero-order valence-electron chi connectivity index (χ0n) is 16.2. The molecule has 0 fully saturated rings. The van der Waals surface area contributed by atoms with Crippen LogP contribution >= 0.6 is 0 Å². The summed E-state index contributed by atoms with van der Waals surface area (Å²) in [7, 11) is 0. The summed E-state index contributed by atoms with van der Waals surface area (Å²) in [6.07, 6.45) is 3.23. The quantitative estimate of drug-likeness (QED) is 0.786. The number of rotatable bonds is 6. The molecule has 1 unspecified atom stereocenters. The Morgan fingerprint density at radius 2 is 2.07 bits per heavy atom. The van der Waals surface area contributed by atoms with Crippen LogP contribution in [0.1, 0.15) is 39.7 Å². The molecule has 1 aromatic carbocycles. The fourth-order valence-corrected chi connectivity index (χ4v) is 3.54. The Morgan fingerprint density at radius 3 is 2.81 bits per heavy atom. The summed E-state index contributed by atoms with van der Waals surface area (Å²) in [5.74, 6) is 1.80. The molecule has 0 saturated heterocycles. The Labute approximate surface area is 159 Å². The van der Waals surface area contributed by atoms with E-state index in [1.54, 1.807) is 12.4 Å². The van der Waals surface area contributed by atoms with Crippen LogP contribution in [-0.4, -0.2) is 28.8 Å². The molecule has 0 radical (unpaired) electrons. The average molecular weight is 370 g/mol. The van der Waals surface area contributed by atoms with Gasteiger partial charge in [0, 0.05) is 23.4 Å². The number of amides is 1. The number of nitrogens with one attached hydrogen (secondary N) is 1. The third kappa shape index (κ3) is 4.32. The lowest BCUT2D eigenvalue weighted by molar-refractivity contribution is 0.104. The molecule has 0 saturated carbocycles. The number of benzene rings is 1. The number of nitrogens with zero attached hydrogens (tertiary/aromatic N) is 1. The van der Waals surface area contributed by atoms with Crippen molar-refractivity contribution in [1.29, 1.82) is 0 Å². The number of carboxylic acid groups (broad SMARTS) is 1. The zero-order valence-corrected chi connectivity index (χ0v) is 16.2. The molecule has 2 aromatic rings. The first-order chi connectivity index (χ1) is 12.8. The first-order valence-corrected chi connectivity index (χ1v) is 9.16. The van der Waals surface area contributed by atoms with Crippen LogP contribution in [-0.2, 0) is 5.60 Å². The van der Waals surface area contributed by atoms with Crippen LogP contribution in [0.25, 0.3) is 11.1 Å². The summed E-state index contributed by atoms with van der Waals surface area (Å²) in [6, 6.07) is 7.91. The van der Waals surface area contributed by atoms with Crippen molar-refractivity contribution < 1.29 is 19.4 Å². The number of aromatic nitrogens is 1. The van der Waals surface area contributed by atoms with Crippen molar-refractivity contribution in [2.24, 2.45) is 5.92 Å². The Balaban J connectivity index is 1.72. The molecule has 1 amide bonds. The van der Waals surface area contributed by atoms with E-state index in [0.29, 0.717) is 13.0 Å². The molecule has 1 aromatic heterocycles. The van der Waals surface area contributed by atoms with E-state index in [1.807, 2.05) is 39.0 Å². The Bertz CT molecular complexity index is 835. The van der Waals surface area contributed by atoms with E-state index in [9.17, 15) is 4.79 Å². The molecule has 6 nitrogen and oxygen atoms in total. The summed E-state index contributed by atoms with van der Waals surface area (Å²) < 4.78 is 12.1. The lowest BCUT2D eigenvalue weighted by Gasteiger charge is -2.34. The van der Waals surface area contributed by atoms with Gasteiger partial charge < -0.3 is 19.9 Å². The second-order valence-electron chi connectivity index (χ2n) is 7.69. The Hall–Kier alpha value is -2.76. The molecule has 2 N–H and O–H groups in total. The minimum Gasteiger partial charge on any atom is -0.493 e. The van der Waals surface area contributed by atoms with Gasteiger partial charge in [0.1, 0.15) is 17.1 Å². The molecule has 0 spiro atoms. The Kier molecular flexibility index (Phi) is 5.26. The van der Waals surface area contributed by atoms with Gasteiger partial charge in [-0.25, -0.2) is 4.79 Å². The van der Waals surface area contributed by atoms with Gasteiger partial charge in [0.2, 0.25) is 0 Å². The van der Waals surface area contributed by atoms with E-state index >= 15 is 0 Å². The van der Waals surface area contributed by atoms with Crippen molar-refractivity contribution in [3.8, 4) is 22.6 Å². The zero-order chi connectivity index (χ0) is 19.6. The first-order valence-electron chi connectivity index (χ1n) is 9.16. The molecule has 0 bridgehead atoms. The normalized spacial score (nSPS) is 16.3. The minimum atomic E-state index is -0.997. The maximum absolute atomic E-state index is 10.7. The van der Waals surface area contributed by atoms with E-state index in [4.69, 9.17) is 14.6 Å². The highest BCUT2D eigenvalue weighted by atomic mass is 16.5. The summed E-state index contributed by atoms with van der Waals surface area (Å²) in [4.78, 5) is 14.9. The van der Waals surface area contributed by atoms with Crippen LogP contribution in [0, 0.1) is 5.92 Å². The molecule has 144 valence electrons. The number of carbonyl (C=O) groups is 1. The SMILES string of the molecule is CC(C[C@H](C)COc1ccc2c(c1)C(C)(C)Oc1cnccc1-2)NC(=O)O. The van der Waals surface area contributed by atoms with Crippen LogP contribution in [0.5, 0.6) is 11.5 Å². The van der Waals surface area contributed by atoms with E-state index in [2.05, 4.69) is 23.3 Å². The molecule has 1 aliphatic rings. The van der Waals surface area contributed by atoms with Crippen LogP contribution in [0.4, 0.5) is 4.79 Å². The van der Waals surface area contributed by atoms with Crippen molar-refractivity contribution in [2.75, 3.05) is 6.61 Å². The van der Waals surface area contributed by atoms with Crippen LogP contribution < -0.4 is 14.8 Å². The predicted octanol–water partition coefficient (Wildman–Crippen LogP) is 4.44. The molecule has 2 atom stereocenters. The van der Waals surface area contributed by atoms with Crippen LogP contribution in [0.2, 0.25) is 0 Å². The van der Waals surface area contributed by atoms with Crippen LogP contribution in [0.15, 0.2) is 36.7 Å². The largest absolute Gasteiger partial charge is 0.493 e. The minimum absolute atomic E-state index is 0.109. The third-order valence-electron chi connectivity index (χ3n) is 4.74. The van der Waals surface area contributed by atoms with Gasteiger partial charge in [-0.1, -0.05) is 13.0 Å². The van der Waals surface area contributed by atoms with Gasteiger partial charge in [-0.3, -0.25) is 4.98 Å². The second kappa shape index (κ2) is 7.47. The molecule has 0 aliphatic carbocycles. The maximum atomic E-state index is 10.7. The molecule has 27 heavy (non-hydrogen) atoms. The molecule has 1 aliphatic heterocycles. The highest BCUT2D eigenvalue weighted by Gasteiger charge is 2.33. The average Bonchev–Trinajstić information content (AvgIpc) is 2.59. The smallest absolute Gasteiger partial charge is 0.404 e. The first kappa shape index (κ1) is 19.0. The van der Waals surface area contributed by atoms with Gasteiger partial charge in [-0.15, -0.1) is 0 Å². The van der Waals surface area contributed by atoms with E-state index in [0.717, 1.165) is 28.2 Å². The van der Waals surface area contributed by atoms with Crippen molar-refractivity contribution >= 4 is 6.09 Å². The van der Waals surface area contributed by atoms with Crippen molar-refractivity contribution in [3.63, 3.8) is 0 Å². The van der Waals surface area contributed by atoms with Gasteiger partial charge in [0.05, 0.1) is 12.8 Å². The summed E-state index contributed by atoms with van der Waals surface area (Å²) in [6.45, 7) is 8.50. The highest BCUT2D eigenvalue weighted by molar-refractivity contribution is 5.76. The number of ether oxygens (including phenoxy) is 2. The molecule has 3 rings (SSSR count). The van der Waals surface area contributed by atoms with Crippen molar-refractivity contribution in [3.05, 3.63) is 42.2 Å². The van der Waals surface area contributed by atoms with Crippen molar-refractivity contribution in [2.45, 2.75) is 45.8 Å². The fourth-order valence-electron chi connectivity index (χ4n) is 3.54. The standard InChI is InChI=1S/C21H26N2O4/c1-13(9-14(2)23-20(24)25)12-26-15-5-6-16-17-7-8-22-11-19(17)27-21(3,4)18(16)10-15/h5-8,10-11,13-14,23H,9,12H2,1-4H3,(H,24,25)/t13-,14?/m0/s1. The van der Waals surface area contributed by atoms with Gasteiger partial charge in [0.25, 0.3) is 0 Å². The number of hydrogen-bond donors (Lipinski definition) is 2. The second-order valence-corrected chi connectivity index (χ2v) is 7.69. The summed E-state index contributed by atoms with van der Waals surface area (Å²) in [5.41, 5.74) is 2.76. The highest BCUT2D eigenvalue weighted by Crippen LogP contribution is 2.45. The van der Waals surface area contributed by atoms with Gasteiger partial charge in [-0.05, 0) is 56.9 Å². The van der Waals surface area contributed by atoms with E-state index in [1.165, 1.54) is 0 Å². The van der Waals surface area contributed by atoms with E-state index in [-0.39, 0.29) is 12.0 Å². The molecular weight excluding hydrogens is 344 g/mol. The monoisotopic (exact) mass is 370 g/mol. The lowest BCUT2D eigenvalue weighted by Crippen LogP contribution is -2.33. The van der Waals surface area contributed by atoms with Crippen LogP contribution in [0.3, 0.4) is 0 Å². The molecule has 6 heteroatoms. The third-order valence-corrected chi connectivity index (χ3v) is 4.74. The number of fused-ring (bicyclic) bond motifs is 3. The Morgan fingerprint density at radius 1 is 1.30 bits per heavy atom. The lowest BCUT2D eigenvalue weighted by atomic mass is 9.86. The summed E-state index contributed by atoms with van der Waals surface area (Å²) >= 11 is 0. The topological polar surface area (TPSA) is 80.7 Å². The molecule has 2 heterocycles. The van der Waals surface area contributed by atoms with E-state index < -0.39 is 11.7 Å². The van der Waals surface area contributed by atoms with Gasteiger partial charge in [-0.2, -0.15) is 0 Å². The van der Waals surface area contributed by atoms with Gasteiger partial charge in [0.15, 0.2) is 0 Å². The summed E-state index contributed by atoms with van der Waals surface area (Å²) in [5, 5.41) is 11.3. The molecular formula is C21H26N2O4. The predicted molar refractivity (Wildman–Crippen MR) is 103 cm³/mol. The number of hydrogen-bond acceptors (Lipinski definition) is 4. The maximum Gasteiger partial charge on any atom is 0.404 e. The van der Waals surface area contributed by atoms with Gasteiger partial charge >= 0.3 is 6.09 Å². The van der Waals surface area contributed by atoms with Crippen molar-refractivity contribution in [1.82, 2.24) is 10.3 Å². The number of pyridine rings is 1.